The van der Waals surface area contributed by atoms with E-state index in [1.807, 2.05) is 6.07 Å². The predicted molar refractivity (Wildman–Crippen MR) is 122 cm³/mol. The summed E-state index contributed by atoms with van der Waals surface area (Å²) in [5.41, 5.74) is 3.78. The smallest absolute Gasteiger partial charge is 0.223 e. The zero-order valence-electron chi connectivity index (χ0n) is 18.9. The van der Waals surface area contributed by atoms with Gasteiger partial charge < -0.3 is 14.8 Å². The number of amides is 1. The van der Waals surface area contributed by atoms with Crippen molar-refractivity contribution in [3.8, 4) is 11.5 Å². The largest absolute Gasteiger partial charge is 0.493 e. The molecule has 0 radical (unpaired) electrons. The van der Waals surface area contributed by atoms with E-state index in [-0.39, 0.29) is 23.9 Å². The molecule has 0 unspecified atom stereocenters. The average molecular weight is 423 g/mol. The van der Waals surface area contributed by atoms with Crippen molar-refractivity contribution in [2.24, 2.45) is 5.92 Å². The van der Waals surface area contributed by atoms with E-state index in [0.717, 1.165) is 56.7 Å². The molecule has 2 aliphatic rings. The van der Waals surface area contributed by atoms with Gasteiger partial charge in [0.2, 0.25) is 5.91 Å². The highest BCUT2D eigenvalue weighted by atomic mass is 16.5. The summed E-state index contributed by atoms with van der Waals surface area (Å²) in [4.78, 5) is 15.4. The Bertz CT molecular complexity index is 893. The zero-order chi connectivity index (χ0) is 21.8. The van der Waals surface area contributed by atoms with Crippen LogP contribution in [0.2, 0.25) is 0 Å². The maximum atomic E-state index is 12.9. The quantitative estimate of drug-likeness (QED) is 0.714. The summed E-state index contributed by atoms with van der Waals surface area (Å²) in [5, 5.41) is 3.36. The number of carbonyl (C=O) groups is 1. The van der Waals surface area contributed by atoms with Crippen LogP contribution in [-0.4, -0.2) is 37.6 Å². The average Bonchev–Trinajstić information content (AvgIpc) is 3.33. The van der Waals surface area contributed by atoms with E-state index in [4.69, 9.17) is 9.47 Å². The highest BCUT2D eigenvalue weighted by molar-refractivity contribution is 5.79. The Hall–Kier alpha value is -2.53. The maximum Gasteiger partial charge on any atom is 0.223 e. The van der Waals surface area contributed by atoms with E-state index in [1.54, 1.807) is 14.2 Å². The lowest BCUT2D eigenvalue weighted by molar-refractivity contribution is -0.126. The molecule has 1 aliphatic carbocycles. The third-order valence-electron chi connectivity index (χ3n) is 6.82. The first-order chi connectivity index (χ1) is 15.1. The lowest BCUT2D eigenvalue weighted by Gasteiger charge is -2.41. The number of benzene rings is 2. The summed E-state index contributed by atoms with van der Waals surface area (Å²) < 4.78 is 11.2. The summed E-state index contributed by atoms with van der Waals surface area (Å²) in [6.45, 7) is 3.93. The fraction of sp³-hybridized carbons (Fsp3) is 0.500. The Kier molecular flexibility index (Phi) is 6.81. The Labute approximate surface area is 185 Å². The summed E-state index contributed by atoms with van der Waals surface area (Å²) in [6.07, 6.45) is 5.30. The molecule has 5 nitrogen and oxygen atoms in total. The lowest BCUT2D eigenvalue weighted by atomic mass is 9.87. The molecule has 0 saturated heterocycles. The van der Waals surface area contributed by atoms with Crippen molar-refractivity contribution < 1.29 is 14.3 Å². The van der Waals surface area contributed by atoms with Crippen LogP contribution in [-0.2, 0) is 17.8 Å². The SMILES string of the molecule is COc1cc2c(cc1OC)[C@@H]([C@@H](C)NC(=O)C1CCCC1)N(Cc1ccccc1)CC2. The van der Waals surface area contributed by atoms with E-state index >= 15 is 0 Å². The second-order valence-corrected chi connectivity index (χ2v) is 8.84. The molecular weight excluding hydrogens is 388 g/mol. The van der Waals surface area contributed by atoms with E-state index in [0.29, 0.717) is 0 Å². The van der Waals surface area contributed by atoms with Crippen LogP contribution in [0.4, 0.5) is 0 Å². The van der Waals surface area contributed by atoms with Crippen molar-refractivity contribution in [1.29, 1.82) is 0 Å². The fourth-order valence-electron chi connectivity index (χ4n) is 5.22. The molecule has 4 rings (SSSR count). The lowest BCUT2D eigenvalue weighted by Crippen LogP contribution is -2.48. The fourth-order valence-corrected chi connectivity index (χ4v) is 5.22. The number of hydrogen-bond acceptors (Lipinski definition) is 4. The monoisotopic (exact) mass is 422 g/mol. The molecule has 0 aromatic heterocycles. The highest BCUT2D eigenvalue weighted by Gasteiger charge is 2.35. The first-order valence-electron chi connectivity index (χ1n) is 11.4. The van der Waals surface area contributed by atoms with Gasteiger partial charge in [-0.25, -0.2) is 0 Å². The van der Waals surface area contributed by atoms with Crippen molar-refractivity contribution >= 4 is 5.91 Å². The standard InChI is InChI=1S/C26H34N2O3/c1-18(27-26(29)20-11-7-8-12-20)25-22-16-24(31-3)23(30-2)15-21(22)13-14-28(25)17-19-9-5-4-6-10-19/h4-6,9-10,15-16,18,20,25H,7-8,11-14,17H2,1-3H3,(H,27,29)/t18-,25-/m1/s1. The number of hydrogen-bond donors (Lipinski definition) is 1. The number of methoxy groups -OCH3 is 2. The molecule has 1 fully saturated rings. The number of ether oxygens (including phenoxy) is 2. The van der Waals surface area contributed by atoms with Gasteiger partial charge in [0.25, 0.3) is 0 Å². The van der Waals surface area contributed by atoms with Gasteiger partial charge in [-0.05, 0) is 55.0 Å². The number of fused-ring (bicyclic) bond motifs is 1. The van der Waals surface area contributed by atoms with Crippen LogP contribution in [0.1, 0.15) is 55.3 Å². The number of nitrogens with zero attached hydrogens (tertiary/aromatic N) is 1. The number of rotatable bonds is 7. The molecule has 1 aliphatic heterocycles. The molecule has 31 heavy (non-hydrogen) atoms. The van der Waals surface area contributed by atoms with E-state index < -0.39 is 0 Å². The minimum atomic E-state index is -0.00559. The van der Waals surface area contributed by atoms with Gasteiger partial charge >= 0.3 is 0 Å². The molecule has 1 heterocycles. The van der Waals surface area contributed by atoms with E-state index in [1.165, 1.54) is 16.7 Å². The van der Waals surface area contributed by atoms with Crippen molar-refractivity contribution in [3.05, 3.63) is 59.2 Å². The van der Waals surface area contributed by atoms with E-state index in [9.17, 15) is 4.79 Å². The molecular formula is C26H34N2O3. The third kappa shape index (κ3) is 4.72. The van der Waals surface area contributed by atoms with Crippen LogP contribution in [0, 0.1) is 5.92 Å². The zero-order valence-corrected chi connectivity index (χ0v) is 18.9. The molecule has 1 N–H and O–H groups in total. The predicted octanol–water partition coefficient (Wildman–Crippen LogP) is 4.50. The molecule has 2 aromatic rings. The van der Waals surface area contributed by atoms with Crippen molar-refractivity contribution in [1.82, 2.24) is 10.2 Å². The van der Waals surface area contributed by atoms with Gasteiger partial charge in [-0.3, -0.25) is 9.69 Å². The Morgan fingerprint density at radius 2 is 1.77 bits per heavy atom. The first kappa shape index (κ1) is 21.7. The van der Waals surface area contributed by atoms with Crippen LogP contribution in [0.15, 0.2) is 42.5 Å². The van der Waals surface area contributed by atoms with Crippen molar-refractivity contribution in [2.75, 3.05) is 20.8 Å². The van der Waals surface area contributed by atoms with Crippen LogP contribution in [0.25, 0.3) is 0 Å². The molecule has 1 amide bonds. The molecule has 1 saturated carbocycles. The molecule has 5 heteroatoms. The highest BCUT2D eigenvalue weighted by Crippen LogP contribution is 2.40. The van der Waals surface area contributed by atoms with Gasteiger partial charge in [0, 0.05) is 25.0 Å². The van der Waals surface area contributed by atoms with Gasteiger partial charge in [0.05, 0.1) is 20.3 Å². The van der Waals surface area contributed by atoms with Crippen LogP contribution in [0.3, 0.4) is 0 Å². The van der Waals surface area contributed by atoms with Gasteiger partial charge in [0.1, 0.15) is 0 Å². The Morgan fingerprint density at radius 1 is 1.10 bits per heavy atom. The molecule has 0 spiro atoms. The van der Waals surface area contributed by atoms with Crippen LogP contribution < -0.4 is 14.8 Å². The molecule has 0 bridgehead atoms. The Morgan fingerprint density at radius 3 is 2.45 bits per heavy atom. The molecule has 2 atom stereocenters. The van der Waals surface area contributed by atoms with Crippen LogP contribution in [0.5, 0.6) is 11.5 Å². The van der Waals surface area contributed by atoms with Crippen molar-refractivity contribution in [3.63, 3.8) is 0 Å². The first-order valence-corrected chi connectivity index (χ1v) is 11.4. The number of carbonyl (C=O) groups excluding carboxylic acids is 1. The van der Waals surface area contributed by atoms with Crippen LogP contribution >= 0.6 is 0 Å². The summed E-state index contributed by atoms with van der Waals surface area (Å²) in [5.74, 6) is 1.87. The molecule has 2 aromatic carbocycles. The third-order valence-corrected chi connectivity index (χ3v) is 6.82. The van der Waals surface area contributed by atoms with Gasteiger partial charge in [-0.2, -0.15) is 0 Å². The Balaban J connectivity index is 1.65. The summed E-state index contributed by atoms with van der Waals surface area (Å²) >= 11 is 0. The number of nitrogens with one attached hydrogen (secondary N) is 1. The second-order valence-electron chi connectivity index (χ2n) is 8.84. The minimum Gasteiger partial charge on any atom is -0.493 e. The summed E-state index contributed by atoms with van der Waals surface area (Å²) in [6, 6.07) is 14.8. The van der Waals surface area contributed by atoms with Crippen molar-refractivity contribution in [2.45, 2.75) is 57.7 Å². The topological polar surface area (TPSA) is 50.8 Å². The normalized spacial score (nSPS) is 20.2. The van der Waals surface area contributed by atoms with Gasteiger partial charge in [-0.1, -0.05) is 43.2 Å². The molecule has 166 valence electrons. The second kappa shape index (κ2) is 9.73. The summed E-state index contributed by atoms with van der Waals surface area (Å²) in [7, 11) is 3.35. The maximum absolute atomic E-state index is 12.9. The van der Waals surface area contributed by atoms with Gasteiger partial charge in [0.15, 0.2) is 11.5 Å². The minimum absolute atomic E-state index is 0.00559. The van der Waals surface area contributed by atoms with Gasteiger partial charge in [-0.15, -0.1) is 0 Å². The van der Waals surface area contributed by atoms with E-state index in [2.05, 4.69) is 53.5 Å².